The predicted octanol–water partition coefficient (Wildman–Crippen LogP) is 3.12. The van der Waals surface area contributed by atoms with Gasteiger partial charge in [-0.05, 0) is 25.3 Å². The highest BCUT2D eigenvalue weighted by atomic mass is 19.3. The Hall–Kier alpha value is -1.19. The first-order valence-corrected chi connectivity index (χ1v) is 5.07. The van der Waals surface area contributed by atoms with E-state index in [2.05, 4.69) is 4.98 Å². The summed E-state index contributed by atoms with van der Waals surface area (Å²) < 4.78 is 31.4. The highest BCUT2D eigenvalue weighted by molar-refractivity contribution is 5.25. The van der Waals surface area contributed by atoms with Crippen LogP contribution in [0, 0.1) is 0 Å². The molecule has 0 N–H and O–H groups in total. The molecule has 0 amide bonds. The van der Waals surface area contributed by atoms with Crippen LogP contribution < -0.4 is 4.74 Å². The smallest absolute Gasteiger partial charge is 0.287 e. The minimum Gasteiger partial charge on any atom is -0.490 e. The van der Waals surface area contributed by atoms with Gasteiger partial charge in [-0.25, -0.2) is 0 Å². The van der Waals surface area contributed by atoms with Crippen molar-refractivity contribution in [3.63, 3.8) is 0 Å². The molecule has 0 bridgehead atoms. The van der Waals surface area contributed by atoms with Crippen LogP contribution in [0.1, 0.15) is 31.9 Å². The van der Waals surface area contributed by atoms with Crippen molar-refractivity contribution in [2.75, 3.05) is 0 Å². The maximum absolute atomic E-state index is 12.9. The van der Waals surface area contributed by atoms with Gasteiger partial charge in [0.25, 0.3) is 5.92 Å². The number of hydrogen-bond donors (Lipinski definition) is 0. The first-order valence-electron chi connectivity index (χ1n) is 5.07. The van der Waals surface area contributed by atoms with Gasteiger partial charge in [0.2, 0.25) is 0 Å². The molecule has 82 valence electrons. The molecule has 1 aromatic heterocycles. The van der Waals surface area contributed by atoms with Crippen LogP contribution in [0.2, 0.25) is 0 Å². The van der Waals surface area contributed by atoms with E-state index in [1.807, 2.05) is 0 Å². The van der Waals surface area contributed by atoms with Crippen LogP contribution in [0.4, 0.5) is 8.78 Å². The lowest BCUT2D eigenvalue weighted by atomic mass is 9.96. The van der Waals surface area contributed by atoms with Crippen molar-refractivity contribution < 1.29 is 13.5 Å². The van der Waals surface area contributed by atoms with Gasteiger partial charge in [-0.1, -0.05) is 0 Å². The van der Waals surface area contributed by atoms with Crippen molar-refractivity contribution in [3.8, 4) is 5.75 Å². The number of alkyl halides is 2. The summed E-state index contributed by atoms with van der Waals surface area (Å²) >= 11 is 0. The monoisotopic (exact) mass is 213 g/mol. The molecule has 1 aliphatic carbocycles. The van der Waals surface area contributed by atoms with Crippen LogP contribution in [0.3, 0.4) is 0 Å². The molecular formula is C11H13F2NO. The largest absolute Gasteiger partial charge is 0.490 e. The molecule has 15 heavy (non-hydrogen) atoms. The fraction of sp³-hybridized carbons (Fsp3) is 0.545. The predicted molar refractivity (Wildman–Crippen MR) is 52.1 cm³/mol. The van der Waals surface area contributed by atoms with Gasteiger partial charge >= 0.3 is 0 Å². The summed E-state index contributed by atoms with van der Waals surface area (Å²) in [6.45, 7) is 0.836. The van der Waals surface area contributed by atoms with E-state index in [1.54, 1.807) is 6.07 Å². The van der Waals surface area contributed by atoms with E-state index in [0.717, 1.165) is 26.2 Å². The molecule has 1 aliphatic rings. The summed E-state index contributed by atoms with van der Waals surface area (Å²) in [6, 6.07) is 2.94. The zero-order valence-corrected chi connectivity index (χ0v) is 8.54. The Labute approximate surface area is 87.3 Å². The fourth-order valence-corrected chi connectivity index (χ4v) is 1.41. The molecule has 2 nitrogen and oxygen atoms in total. The molecule has 4 heteroatoms. The number of nitrogens with zero attached hydrogens (tertiary/aromatic N) is 1. The van der Waals surface area contributed by atoms with Crippen molar-refractivity contribution in [2.45, 2.75) is 38.2 Å². The first-order chi connectivity index (χ1) is 7.05. The van der Waals surface area contributed by atoms with Crippen LogP contribution in [-0.4, -0.2) is 11.1 Å². The highest BCUT2D eigenvalue weighted by Gasteiger charge is 2.27. The number of aromatic nitrogens is 1. The summed E-state index contributed by atoms with van der Waals surface area (Å²) in [4.78, 5) is 3.63. The van der Waals surface area contributed by atoms with Gasteiger partial charge in [-0.2, -0.15) is 8.78 Å². The maximum Gasteiger partial charge on any atom is 0.287 e. The van der Waals surface area contributed by atoms with Crippen molar-refractivity contribution in [1.82, 2.24) is 4.98 Å². The fourth-order valence-electron chi connectivity index (χ4n) is 1.41. The van der Waals surface area contributed by atoms with Gasteiger partial charge in [0.1, 0.15) is 11.4 Å². The lowest BCUT2D eigenvalue weighted by Crippen LogP contribution is -2.24. The summed E-state index contributed by atoms with van der Waals surface area (Å²) in [5, 5.41) is 0. The molecule has 2 rings (SSSR count). The molecule has 1 saturated carbocycles. The second-order valence-electron chi connectivity index (χ2n) is 3.94. The summed E-state index contributed by atoms with van der Waals surface area (Å²) in [6.07, 6.45) is 4.75. The van der Waals surface area contributed by atoms with Crippen LogP contribution in [0.15, 0.2) is 18.3 Å². The minimum absolute atomic E-state index is 0.200. The van der Waals surface area contributed by atoms with E-state index in [-0.39, 0.29) is 11.8 Å². The Morgan fingerprint density at radius 3 is 2.73 bits per heavy atom. The summed E-state index contributed by atoms with van der Waals surface area (Å²) in [7, 11) is 0. The number of halogens is 2. The Bertz CT molecular complexity index is 345. The van der Waals surface area contributed by atoms with Gasteiger partial charge in [0.15, 0.2) is 0 Å². The van der Waals surface area contributed by atoms with E-state index in [4.69, 9.17) is 4.74 Å². The first kappa shape index (κ1) is 10.3. The van der Waals surface area contributed by atoms with Crippen LogP contribution in [0.25, 0.3) is 0 Å². The number of ether oxygens (including phenoxy) is 1. The van der Waals surface area contributed by atoms with Gasteiger partial charge in [0, 0.05) is 19.2 Å². The molecule has 0 radical (unpaired) electrons. The molecule has 1 fully saturated rings. The molecule has 1 heterocycles. The Balaban J connectivity index is 2.11. The van der Waals surface area contributed by atoms with Crippen molar-refractivity contribution >= 4 is 0 Å². The Morgan fingerprint density at radius 2 is 2.20 bits per heavy atom. The van der Waals surface area contributed by atoms with E-state index in [0.29, 0.717) is 5.75 Å². The molecule has 0 aliphatic heterocycles. The van der Waals surface area contributed by atoms with Gasteiger partial charge < -0.3 is 4.74 Å². The third-order valence-electron chi connectivity index (χ3n) is 2.54. The zero-order valence-electron chi connectivity index (χ0n) is 8.54. The molecule has 0 aromatic carbocycles. The average Bonchev–Trinajstić information content (AvgIpc) is 2.11. The van der Waals surface area contributed by atoms with Crippen molar-refractivity contribution in [3.05, 3.63) is 24.0 Å². The molecule has 0 unspecified atom stereocenters. The average molecular weight is 213 g/mol. The van der Waals surface area contributed by atoms with Crippen LogP contribution >= 0.6 is 0 Å². The maximum atomic E-state index is 12.9. The van der Waals surface area contributed by atoms with Gasteiger partial charge in [0.05, 0.1) is 6.10 Å². The number of rotatable bonds is 3. The molecule has 0 saturated heterocycles. The van der Waals surface area contributed by atoms with Gasteiger partial charge in [-0.15, -0.1) is 0 Å². The number of pyridine rings is 1. The molecule has 0 atom stereocenters. The number of hydrogen-bond acceptors (Lipinski definition) is 2. The molecule has 0 spiro atoms. The van der Waals surface area contributed by atoms with Gasteiger partial charge in [-0.3, -0.25) is 4.98 Å². The van der Waals surface area contributed by atoms with E-state index < -0.39 is 5.92 Å². The Kier molecular flexibility index (Phi) is 2.59. The summed E-state index contributed by atoms with van der Waals surface area (Å²) in [5.74, 6) is -2.41. The SMILES string of the molecule is CC(F)(F)c1cc(OC2CCC2)ccn1. The van der Waals surface area contributed by atoms with E-state index in [9.17, 15) is 8.78 Å². The van der Waals surface area contributed by atoms with Crippen LogP contribution in [0.5, 0.6) is 5.75 Å². The second kappa shape index (κ2) is 3.76. The van der Waals surface area contributed by atoms with Crippen molar-refractivity contribution in [2.24, 2.45) is 0 Å². The topological polar surface area (TPSA) is 22.1 Å². The lowest BCUT2D eigenvalue weighted by molar-refractivity contribution is 0.0121. The third kappa shape index (κ3) is 2.43. The highest BCUT2D eigenvalue weighted by Crippen LogP contribution is 2.29. The van der Waals surface area contributed by atoms with Crippen LogP contribution in [-0.2, 0) is 5.92 Å². The van der Waals surface area contributed by atoms with E-state index in [1.165, 1.54) is 12.3 Å². The zero-order chi connectivity index (χ0) is 10.9. The second-order valence-corrected chi connectivity index (χ2v) is 3.94. The molecule has 1 aromatic rings. The molecular weight excluding hydrogens is 200 g/mol. The summed E-state index contributed by atoms with van der Waals surface area (Å²) in [5.41, 5.74) is -0.237. The lowest BCUT2D eigenvalue weighted by Gasteiger charge is -2.26. The van der Waals surface area contributed by atoms with E-state index >= 15 is 0 Å². The minimum atomic E-state index is -2.90. The Morgan fingerprint density at radius 1 is 1.47 bits per heavy atom. The van der Waals surface area contributed by atoms with Crippen molar-refractivity contribution in [1.29, 1.82) is 0 Å². The standard InChI is InChI=1S/C11H13F2NO/c1-11(12,13)10-7-9(5-6-14-10)15-8-3-2-4-8/h5-8H,2-4H2,1H3. The quantitative estimate of drug-likeness (QED) is 0.769. The third-order valence-corrected chi connectivity index (χ3v) is 2.54. The normalized spacial score (nSPS) is 17.3.